The minimum atomic E-state index is -0.0653. The predicted octanol–water partition coefficient (Wildman–Crippen LogP) is 2.38. The molecule has 1 aliphatic rings. The number of hydrogen-bond acceptors (Lipinski definition) is 3. The van der Waals surface area contributed by atoms with Gasteiger partial charge in [0.05, 0.1) is 13.0 Å². The van der Waals surface area contributed by atoms with Crippen LogP contribution in [0.25, 0.3) is 0 Å². The maximum atomic E-state index is 11.6. The molecule has 0 amide bonds. The molecule has 0 saturated carbocycles. The molecule has 98 valence electrons. The Morgan fingerprint density at radius 2 is 2.22 bits per heavy atom. The minimum Gasteiger partial charge on any atom is -0.469 e. The molecule has 2 rings (SSSR count). The van der Waals surface area contributed by atoms with E-state index in [0.717, 1.165) is 32.5 Å². The van der Waals surface area contributed by atoms with Gasteiger partial charge in [0, 0.05) is 13.1 Å². The molecule has 1 aromatic carbocycles. The normalized spacial score (nSPS) is 20.7. The molecule has 0 bridgehead atoms. The molecule has 0 radical (unpaired) electrons. The lowest BCUT2D eigenvalue weighted by molar-refractivity contribution is -0.147. The summed E-state index contributed by atoms with van der Waals surface area (Å²) in [5.74, 6) is -0.0164. The largest absolute Gasteiger partial charge is 0.469 e. The van der Waals surface area contributed by atoms with Crippen molar-refractivity contribution in [3.8, 4) is 0 Å². The lowest BCUT2D eigenvalue weighted by atomic mass is 9.97. The van der Waals surface area contributed by atoms with E-state index in [1.54, 1.807) is 0 Å². The third kappa shape index (κ3) is 3.10. The van der Waals surface area contributed by atoms with Crippen molar-refractivity contribution < 1.29 is 9.53 Å². The molecular weight excluding hydrogens is 226 g/mol. The van der Waals surface area contributed by atoms with Gasteiger partial charge in [-0.15, -0.1) is 0 Å². The van der Waals surface area contributed by atoms with Crippen LogP contribution in [-0.4, -0.2) is 31.1 Å². The van der Waals surface area contributed by atoms with Gasteiger partial charge in [0.15, 0.2) is 0 Å². The maximum absolute atomic E-state index is 11.6. The smallest absolute Gasteiger partial charge is 0.309 e. The number of aryl methyl sites for hydroxylation is 1. The molecule has 0 spiro atoms. The number of methoxy groups -OCH3 is 1. The summed E-state index contributed by atoms with van der Waals surface area (Å²) >= 11 is 0. The molecule has 1 aromatic rings. The number of hydrogen-bond donors (Lipinski definition) is 0. The second-order valence-electron chi connectivity index (χ2n) is 5.02. The summed E-state index contributed by atoms with van der Waals surface area (Å²) in [5, 5.41) is 0. The van der Waals surface area contributed by atoms with Crippen molar-refractivity contribution in [2.45, 2.75) is 26.3 Å². The predicted molar refractivity (Wildman–Crippen MR) is 71.2 cm³/mol. The van der Waals surface area contributed by atoms with Crippen LogP contribution in [0.3, 0.4) is 0 Å². The average molecular weight is 247 g/mol. The van der Waals surface area contributed by atoms with Gasteiger partial charge in [0.1, 0.15) is 0 Å². The first kappa shape index (κ1) is 13.1. The molecule has 1 aliphatic heterocycles. The van der Waals surface area contributed by atoms with E-state index in [0.29, 0.717) is 0 Å². The van der Waals surface area contributed by atoms with Gasteiger partial charge in [-0.2, -0.15) is 0 Å². The molecule has 1 heterocycles. The summed E-state index contributed by atoms with van der Waals surface area (Å²) in [5.41, 5.74) is 2.67. The third-order valence-electron chi connectivity index (χ3n) is 3.70. The first-order valence-electron chi connectivity index (χ1n) is 6.55. The lowest BCUT2D eigenvalue weighted by Crippen LogP contribution is -2.38. The molecule has 3 heteroatoms. The number of piperidine rings is 1. The highest BCUT2D eigenvalue weighted by Gasteiger charge is 2.26. The molecule has 3 nitrogen and oxygen atoms in total. The topological polar surface area (TPSA) is 29.5 Å². The fourth-order valence-corrected chi connectivity index (χ4v) is 2.59. The molecule has 0 N–H and O–H groups in total. The molecule has 1 atom stereocenters. The summed E-state index contributed by atoms with van der Waals surface area (Å²) in [6.45, 7) is 4.96. The van der Waals surface area contributed by atoms with Crippen molar-refractivity contribution >= 4 is 5.97 Å². The maximum Gasteiger partial charge on any atom is 0.309 e. The van der Waals surface area contributed by atoms with Crippen LogP contribution in [-0.2, 0) is 16.1 Å². The number of carbonyl (C=O) groups is 1. The van der Waals surface area contributed by atoms with E-state index in [9.17, 15) is 4.79 Å². The summed E-state index contributed by atoms with van der Waals surface area (Å²) < 4.78 is 4.85. The Kier molecular flexibility index (Phi) is 4.37. The first-order valence-corrected chi connectivity index (χ1v) is 6.55. The van der Waals surface area contributed by atoms with Gasteiger partial charge in [-0.05, 0) is 37.4 Å². The van der Waals surface area contributed by atoms with Crippen molar-refractivity contribution in [3.05, 3.63) is 35.4 Å². The van der Waals surface area contributed by atoms with E-state index in [-0.39, 0.29) is 11.9 Å². The standard InChI is InChI=1S/C15H21NO2/c1-12-6-3-4-7-13(12)10-16-9-5-8-14(11-16)15(17)18-2/h3-4,6-7,14H,5,8-11H2,1-2H3/t14-/m0/s1. The Morgan fingerprint density at radius 1 is 1.44 bits per heavy atom. The quantitative estimate of drug-likeness (QED) is 0.768. The van der Waals surface area contributed by atoms with Crippen LogP contribution in [0.4, 0.5) is 0 Å². The average Bonchev–Trinajstić information content (AvgIpc) is 2.41. The van der Waals surface area contributed by atoms with Crippen molar-refractivity contribution in [2.75, 3.05) is 20.2 Å². The fourth-order valence-electron chi connectivity index (χ4n) is 2.59. The van der Waals surface area contributed by atoms with E-state index in [4.69, 9.17) is 4.74 Å². The molecule has 1 saturated heterocycles. The summed E-state index contributed by atoms with van der Waals surface area (Å²) in [7, 11) is 1.47. The first-order chi connectivity index (χ1) is 8.70. The lowest BCUT2D eigenvalue weighted by Gasteiger charge is -2.31. The SMILES string of the molecule is COC(=O)[C@H]1CCCN(Cc2ccccc2C)C1. The second kappa shape index (κ2) is 6.01. The van der Waals surface area contributed by atoms with E-state index < -0.39 is 0 Å². The molecule has 0 aromatic heterocycles. The van der Waals surface area contributed by atoms with E-state index in [2.05, 4.69) is 36.1 Å². The highest BCUT2D eigenvalue weighted by molar-refractivity contribution is 5.72. The fraction of sp³-hybridized carbons (Fsp3) is 0.533. The summed E-state index contributed by atoms with van der Waals surface area (Å²) in [6, 6.07) is 8.44. The van der Waals surface area contributed by atoms with Crippen LogP contribution >= 0.6 is 0 Å². The van der Waals surface area contributed by atoms with Gasteiger partial charge in [-0.25, -0.2) is 0 Å². The molecule has 0 unspecified atom stereocenters. The monoisotopic (exact) mass is 247 g/mol. The number of rotatable bonds is 3. The highest BCUT2D eigenvalue weighted by Crippen LogP contribution is 2.20. The molecular formula is C15H21NO2. The third-order valence-corrected chi connectivity index (χ3v) is 3.70. The molecule has 18 heavy (non-hydrogen) atoms. The highest BCUT2D eigenvalue weighted by atomic mass is 16.5. The Bertz CT molecular complexity index is 417. The number of nitrogens with zero attached hydrogens (tertiary/aromatic N) is 1. The second-order valence-corrected chi connectivity index (χ2v) is 5.02. The van der Waals surface area contributed by atoms with Gasteiger partial charge < -0.3 is 4.74 Å². The van der Waals surface area contributed by atoms with Crippen molar-refractivity contribution in [1.29, 1.82) is 0 Å². The zero-order valence-electron chi connectivity index (χ0n) is 11.2. The van der Waals surface area contributed by atoms with Gasteiger partial charge in [0.2, 0.25) is 0 Å². The minimum absolute atomic E-state index is 0.0489. The van der Waals surface area contributed by atoms with Gasteiger partial charge in [-0.3, -0.25) is 9.69 Å². The van der Waals surface area contributed by atoms with Crippen LogP contribution in [0.1, 0.15) is 24.0 Å². The van der Waals surface area contributed by atoms with Crippen molar-refractivity contribution in [2.24, 2.45) is 5.92 Å². The van der Waals surface area contributed by atoms with E-state index >= 15 is 0 Å². The zero-order valence-corrected chi connectivity index (χ0v) is 11.2. The summed E-state index contributed by atoms with van der Waals surface area (Å²) in [4.78, 5) is 13.9. The van der Waals surface area contributed by atoms with E-state index in [1.807, 2.05) is 0 Å². The van der Waals surface area contributed by atoms with Crippen LogP contribution < -0.4 is 0 Å². The Labute approximate surface area is 109 Å². The number of carbonyl (C=O) groups excluding carboxylic acids is 1. The van der Waals surface area contributed by atoms with Crippen molar-refractivity contribution in [1.82, 2.24) is 4.90 Å². The van der Waals surface area contributed by atoms with Crippen LogP contribution in [0.15, 0.2) is 24.3 Å². The van der Waals surface area contributed by atoms with Gasteiger partial charge >= 0.3 is 5.97 Å². The molecule has 0 aliphatic carbocycles. The number of ether oxygens (including phenoxy) is 1. The van der Waals surface area contributed by atoms with E-state index in [1.165, 1.54) is 18.2 Å². The van der Waals surface area contributed by atoms with Crippen LogP contribution in [0, 0.1) is 12.8 Å². The number of benzene rings is 1. The van der Waals surface area contributed by atoms with Crippen molar-refractivity contribution in [3.63, 3.8) is 0 Å². The zero-order chi connectivity index (χ0) is 13.0. The Morgan fingerprint density at radius 3 is 2.94 bits per heavy atom. The van der Waals surface area contributed by atoms with Crippen LogP contribution in [0.5, 0.6) is 0 Å². The Balaban J connectivity index is 1.98. The number of likely N-dealkylation sites (tertiary alicyclic amines) is 1. The Hall–Kier alpha value is -1.35. The number of esters is 1. The van der Waals surface area contributed by atoms with Crippen LogP contribution in [0.2, 0.25) is 0 Å². The molecule has 1 fully saturated rings. The van der Waals surface area contributed by atoms with Gasteiger partial charge in [-0.1, -0.05) is 24.3 Å². The van der Waals surface area contributed by atoms with Gasteiger partial charge in [0.25, 0.3) is 0 Å². The summed E-state index contributed by atoms with van der Waals surface area (Å²) in [6.07, 6.45) is 2.03.